The number of carboxylic acids is 1. The number of hydrogen-bond donors (Lipinski definition) is 4. The molecular formula is C22H29N2O5P. The summed E-state index contributed by atoms with van der Waals surface area (Å²) in [6, 6.07) is 15.8. The summed E-state index contributed by atoms with van der Waals surface area (Å²) in [7, 11) is -3.91. The van der Waals surface area contributed by atoms with Crippen LogP contribution < -0.4 is 10.4 Å². The highest BCUT2D eigenvalue weighted by Gasteiger charge is 2.31. The molecule has 3 atom stereocenters. The summed E-state index contributed by atoms with van der Waals surface area (Å²) in [5, 5.41) is 14.5. The van der Waals surface area contributed by atoms with Crippen molar-refractivity contribution in [3.63, 3.8) is 0 Å². The Morgan fingerprint density at radius 2 is 1.47 bits per heavy atom. The van der Waals surface area contributed by atoms with Crippen molar-refractivity contribution >= 4 is 19.4 Å². The molecule has 2 aromatic carbocycles. The molecule has 0 saturated heterocycles. The summed E-state index contributed by atoms with van der Waals surface area (Å²) >= 11 is 0. The van der Waals surface area contributed by atoms with E-state index in [-0.39, 0.29) is 24.9 Å². The van der Waals surface area contributed by atoms with Gasteiger partial charge in [-0.3, -0.25) is 9.36 Å². The van der Waals surface area contributed by atoms with Crippen molar-refractivity contribution in [1.82, 2.24) is 10.4 Å². The molecule has 0 bridgehead atoms. The molecule has 1 unspecified atom stereocenters. The first-order valence-corrected chi connectivity index (χ1v) is 11.7. The van der Waals surface area contributed by atoms with Gasteiger partial charge in [0.1, 0.15) is 6.04 Å². The van der Waals surface area contributed by atoms with Gasteiger partial charge in [-0.05, 0) is 29.9 Å². The number of aliphatic carboxylic acids is 1. The van der Waals surface area contributed by atoms with Crippen LogP contribution in [0.15, 0.2) is 60.7 Å². The Morgan fingerprint density at radius 1 is 0.933 bits per heavy atom. The van der Waals surface area contributed by atoms with Gasteiger partial charge in [0, 0.05) is 0 Å². The molecule has 0 saturated carbocycles. The second-order valence-corrected chi connectivity index (χ2v) is 9.72. The van der Waals surface area contributed by atoms with E-state index in [2.05, 4.69) is 10.4 Å². The fourth-order valence-corrected chi connectivity index (χ4v) is 4.62. The lowest BCUT2D eigenvalue weighted by Gasteiger charge is -2.24. The van der Waals surface area contributed by atoms with E-state index in [0.717, 1.165) is 5.56 Å². The van der Waals surface area contributed by atoms with Gasteiger partial charge in [-0.25, -0.2) is 9.88 Å². The van der Waals surface area contributed by atoms with E-state index >= 15 is 0 Å². The number of carbonyl (C=O) groups is 2. The lowest BCUT2D eigenvalue weighted by atomic mass is 10.0. The van der Waals surface area contributed by atoms with E-state index in [1.165, 1.54) is 0 Å². The van der Waals surface area contributed by atoms with Gasteiger partial charge in [0.25, 0.3) is 7.52 Å². The van der Waals surface area contributed by atoms with Crippen LogP contribution in [0.5, 0.6) is 0 Å². The molecule has 0 aromatic heterocycles. The third-order valence-electron chi connectivity index (χ3n) is 4.52. The third kappa shape index (κ3) is 8.11. The molecule has 30 heavy (non-hydrogen) atoms. The van der Waals surface area contributed by atoms with Crippen molar-refractivity contribution in [2.24, 2.45) is 5.92 Å². The van der Waals surface area contributed by atoms with Crippen LogP contribution in [0, 0.1) is 5.92 Å². The van der Waals surface area contributed by atoms with E-state index in [9.17, 15) is 24.2 Å². The minimum atomic E-state index is -3.91. The van der Waals surface area contributed by atoms with Crippen molar-refractivity contribution in [3.05, 3.63) is 71.8 Å². The third-order valence-corrected chi connectivity index (χ3v) is 6.03. The second kappa shape index (κ2) is 11.1. The maximum atomic E-state index is 12.9. The molecule has 0 aliphatic heterocycles. The van der Waals surface area contributed by atoms with Crippen molar-refractivity contribution < 1.29 is 24.2 Å². The van der Waals surface area contributed by atoms with E-state index in [4.69, 9.17) is 0 Å². The highest BCUT2D eigenvalue weighted by Crippen LogP contribution is 2.40. The van der Waals surface area contributed by atoms with Crippen LogP contribution in [0.4, 0.5) is 0 Å². The van der Waals surface area contributed by atoms with Crippen LogP contribution in [-0.2, 0) is 26.7 Å². The molecule has 0 spiro atoms. The number of amides is 1. The molecular weight excluding hydrogens is 403 g/mol. The molecule has 2 aromatic rings. The van der Waals surface area contributed by atoms with Gasteiger partial charge in [0.15, 0.2) is 0 Å². The monoisotopic (exact) mass is 432 g/mol. The second-order valence-electron chi connectivity index (χ2n) is 7.75. The minimum Gasteiger partial charge on any atom is -0.480 e. The Balaban J connectivity index is 2.19. The Bertz CT molecular complexity index is 874. The van der Waals surface area contributed by atoms with Gasteiger partial charge < -0.3 is 15.3 Å². The summed E-state index contributed by atoms with van der Waals surface area (Å²) < 4.78 is 12.8. The molecule has 4 N–H and O–H groups in total. The summed E-state index contributed by atoms with van der Waals surface area (Å²) in [6.45, 7) is 3.73. The molecule has 7 nitrogen and oxygen atoms in total. The molecule has 162 valence electrons. The van der Waals surface area contributed by atoms with Crippen molar-refractivity contribution in [1.29, 1.82) is 0 Å². The number of nitrogens with one attached hydrogen (secondary N) is 2. The summed E-state index contributed by atoms with van der Waals surface area (Å²) in [5.41, 5.74) is 1.46. The number of hydrogen-bond acceptors (Lipinski definition) is 3. The van der Waals surface area contributed by atoms with Crippen molar-refractivity contribution in [3.8, 4) is 0 Å². The van der Waals surface area contributed by atoms with Crippen molar-refractivity contribution in [2.75, 3.05) is 0 Å². The SMILES string of the molecule is CC(C)C[C@H](NC(=O)[C@H](Cc1ccccc1)NP(=O)(O)Cc1ccccc1)C(=O)O. The lowest BCUT2D eigenvalue weighted by Crippen LogP contribution is -2.50. The Labute approximate surface area is 177 Å². The van der Waals surface area contributed by atoms with Crippen LogP contribution in [0.2, 0.25) is 0 Å². The summed E-state index contributed by atoms with van der Waals surface area (Å²) in [4.78, 5) is 34.9. The quantitative estimate of drug-likeness (QED) is 0.406. The number of benzene rings is 2. The first kappa shape index (κ1) is 23.8. The highest BCUT2D eigenvalue weighted by atomic mass is 31.2. The molecule has 0 radical (unpaired) electrons. The van der Waals surface area contributed by atoms with Crippen molar-refractivity contribution in [2.45, 2.75) is 44.9 Å². The normalized spacial score (nSPS) is 15.2. The molecule has 2 rings (SSSR count). The molecule has 8 heteroatoms. The topological polar surface area (TPSA) is 116 Å². The van der Waals surface area contributed by atoms with Gasteiger partial charge in [-0.2, -0.15) is 0 Å². The van der Waals surface area contributed by atoms with Crippen LogP contribution in [-0.4, -0.2) is 34.0 Å². The Hall–Kier alpha value is -2.47. The maximum absolute atomic E-state index is 12.9. The van der Waals surface area contributed by atoms with Crippen LogP contribution in [0.25, 0.3) is 0 Å². The summed E-state index contributed by atoms with van der Waals surface area (Å²) in [5.74, 6) is -1.69. The first-order valence-electron chi connectivity index (χ1n) is 9.87. The zero-order chi connectivity index (χ0) is 22.1. The van der Waals surface area contributed by atoms with Crippen LogP contribution in [0.3, 0.4) is 0 Å². The zero-order valence-corrected chi connectivity index (χ0v) is 18.1. The predicted octanol–water partition coefficient (Wildman–Crippen LogP) is 3.19. The Morgan fingerprint density at radius 3 is 1.97 bits per heavy atom. The minimum absolute atomic E-state index is 0.0638. The molecule has 0 heterocycles. The van der Waals surface area contributed by atoms with E-state index in [0.29, 0.717) is 5.56 Å². The zero-order valence-electron chi connectivity index (χ0n) is 17.2. The average Bonchev–Trinajstić information content (AvgIpc) is 2.67. The summed E-state index contributed by atoms with van der Waals surface area (Å²) in [6.07, 6.45) is 0.278. The standard InChI is InChI=1S/C22H29N2O5P/c1-16(2)13-20(22(26)27)23-21(25)19(14-17-9-5-3-6-10-17)24-30(28,29)15-18-11-7-4-8-12-18/h3-12,16,19-20H,13-15H2,1-2H3,(H,23,25)(H,26,27)(H2,24,28,29)/t19-,20-/m0/s1. The number of carboxylic acid groups (broad SMARTS) is 1. The van der Waals surface area contributed by atoms with Gasteiger partial charge in [0.2, 0.25) is 5.91 Å². The van der Waals surface area contributed by atoms with Gasteiger partial charge >= 0.3 is 5.97 Å². The van der Waals surface area contributed by atoms with Crippen LogP contribution in [0.1, 0.15) is 31.4 Å². The average molecular weight is 432 g/mol. The molecule has 0 fully saturated rings. The fraction of sp³-hybridized carbons (Fsp3) is 0.364. The largest absolute Gasteiger partial charge is 0.480 e. The van der Waals surface area contributed by atoms with Gasteiger partial charge in [0.05, 0.1) is 12.2 Å². The maximum Gasteiger partial charge on any atom is 0.326 e. The Kier molecular flexibility index (Phi) is 8.78. The van der Waals surface area contributed by atoms with Gasteiger partial charge in [-0.15, -0.1) is 0 Å². The first-order chi connectivity index (χ1) is 14.2. The van der Waals surface area contributed by atoms with Crippen LogP contribution >= 0.6 is 7.52 Å². The number of rotatable bonds is 11. The molecule has 0 aliphatic rings. The number of carbonyl (C=O) groups excluding carboxylic acids is 1. The predicted molar refractivity (Wildman–Crippen MR) is 116 cm³/mol. The van der Waals surface area contributed by atoms with Gasteiger partial charge in [-0.1, -0.05) is 74.5 Å². The highest BCUT2D eigenvalue weighted by molar-refractivity contribution is 7.55. The lowest BCUT2D eigenvalue weighted by molar-refractivity contribution is -0.142. The smallest absolute Gasteiger partial charge is 0.326 e. The van der Waals surface area contributed by atoms with E-state index < -0.39 is 31.5 Å². The molecule has 1 amide bonds. The van der Waals surface area contributed by atoms with E-state index in [1.54, 1.807) is 24.3 Å². The molecule has 0 aliphatic carbocycles. The fourth-order valence-electron chi connectivity index (χ4n) is 3.13. The van der Waals surface area contributed by atoms with E-state index in [1.807, 2.05) is 50.2 Å².